The van der Waals surface area contributed by atoms with Crippen molar-refractivity contribution in [2.45, 2.75) is 13.0 Å². The molecular weight excluding hydrogens is 220 g/mol. The fraction of sp³-hybridized carbons (Fsp3) is 0.200. The minimum Gasteiger partial charge on any atom is -0.481 e. The highest BCUT2D eigenvalue weighted by molar-refractivity contribution is 5.93. The molecule has 1 amide bonds. The van der Waals surface area contributed by atoms with E-state index in [4.69, 9.17) is 5.11 Å². The first kappa shape index (κ1) is 12.1. The monoisotopic (exact) mass is 229 g/mol. The maximum absolute atomic E-state index is 13.1. The van der Waals surface area contributed by atoms with Crippen LogP contribution in [0.4, 0.5) is 8.78 Å². The van der Waals surface area contributed by atoms with Gasteiger partial charge in [-0.3, -0.25) is 9.59 Å². The molecule has 0 saturated heterocycles. The Hall–Kier alpha value is -1.98. The lowest BCUT2D eigenvalue weighted by Crippen LogP contribution is -2.25. The molecule has 2 N–H and O–H groups in total. The van der Waals surface area contributed by atoms with Crippen LogP contribution >= 0.6 is 0 Å². The van der Waals surface area contributed by atoms with E-state index in [1.807, 2.05) is 0 Å². The zero-order chi connectivity index (χ0) is 12.1. The minimum atomic E-state index is -1.27. The molecule has 0 aliphatic rings. The molecule has 0 saturated carbocycles. The summed E-state index contributed by atoms with van der Waals surface area (Å²) in [5.74, 6) is -3.48. The molecule has 1 rings (SSSR count). The standard InChI is InChI=1S/C10H9F2NO3/c11-7-2-1-6(8(12)3-7)5-13-9(14)4-10(15)16/h1-3H,4-5H2,(H,13,14)(H,15,16). The van der Waals surface area contributed by atoms with Crippen molar-refractivity contribution in [1.82, 2.24) is 5.32 Å². The number of carbonyl (C=O) groups is 2. The summed E-state index contributed by atoms with van der Waals surface area (Å²) in [4.78, 5) is 21.1. The third-order valence-electron chi connectivity index (χ3n) is 1.80. The molecule has 0 radical (unpaired) electrons. The van der Waals surface area contributed by atoms with E-state index in [0.29, 0.717) is 6.07 Å². The van der Waals surface area contributed by atoms with Gasteiger partial charge in [0.1, 0.15) is 18.1 Å². The molecule has 1 aromatic carbocycles. The summed E-state index contributed by atoms with van der Waals surface area (Å²) in [7, 11) is 0. The number of benzene rings is 1. The van der Waals surface area contributed by atoms with Crippen molar-refractivity contribution in [3.8, 4) is 0 Å². The highest BCUT2D eigenvalue weighted by Gasteiger charge is 2.09. The van der Waals surface area contributed by atoms with Crippen LogP contribution in [0.15, 0.2) is 18.2 Å². The lowest BCUT2D eigenvalue weighted by Gasteiger charge is -2.04. The molecule has 0 aliphatic carbocycles. The normalized spacial score (nSPS) is 9.88. The number of carboxylic acids is 1. The lowest BCUT2D eigenvalue weighted by molar-refractivity contribution is -0.140. The van der Waals surface area contributed by atoms with E-state index in [0.717, 1.165) is 6.07 Å². The second-order valence-electron chi connectivity index (χ2n) is 3.08. The predicted octanol–water partition coefficient (Wildman–Crippen LogP) is 1.06. The van der Waals surface area contributed by atoms with Gasteiger partial charge in [-0.1, -0.05) is 6.07 Å². The molecule has 0 bridgehead atoms. The van der Waals surface area contributed by atoms with Gasteiger partial charge in [-0.25, -0.2) is 8.78 Å². The summed E-state index contributed by atoms with van der Waals surface area (Å²) >= 11 is 0. The Morgan fingerprint density at radius 1 is 1.31 bits per heavy atom. The van der Waals surface area contributed by atoms with Gasteiger partial charge in [-0.15, -0.1) is 0 Å². The molecule has 0 fully saturated rings. The fourth-order valence-electron chi connectivity index (χ4n) is 1.06. The molecule has 0 unspecified atom stereocenters. The van der Waals surface area contributed by atoms with Crippen LogP contribution in [0.2, 0.25) is 0 Å². The first-order valence-electron chi connectivity index (χ1n) is 4.41. The first-order valence-corrected chi connectivity index (χ1v) is 4.41. The second kappa shape index (κ2) is 5.20. The highest BCUT2D eigenvalue weighted by atomic mass is 19.1. The molecule has 0 aromatic heterocycles. The number of carboxylic acid groups (broad SMARTS) is 1. The maximum atomic E-state index is 13.1. The molecular formula is C10H9F2NO3. The molecule has 0 atom stereocenters. The molecule has 0 spiro atoms. The number of halogens is 2. The van der Waals surface area contributed by atoms with Crippen LogP contribution in [0.1, 0.15) is 12.0 Å². The van der Waals surface area contributed by atoms with E-state index >= 15 is 0 Å². The Morgan fingerprint density at radius 3 is 2.56 bits per heavy atom. The van der Waals surface area contributed by atoms with Crippen molar-refractivity contribution >= 4 is 11.9 Å². The van der Waals surface area contributed by atoms with Crippen molar-refractivity contribution < 1.29 is 23.5 Å². The van der Waals surface area contributed by atoms with Gasteiger partial charge in [0.05, 0.1) is 0 Å². The van der Waals surface area contributed by atoms with E-state index < -0.39 is 29.9 Å². The second-order valence-corrected chi connectivity index (χ2v) is 3.08. The Kier molecular flexibility index (Phi) is 3.93. The Balaban J connectivity index is 2.54. The number of hydrogen-bond donors (Lipinski definition) is 2. The largest absolute Gasteiger partial charge is 0.481 e. The fourth-order valence-corrected chi connectivity index (χ4v) is 1.06. The summed E-state index contributed by atoms with van der Waals surface area (Å²) in [6, 6.07) is 2.94. The topological polar surface area (TPSA) is 66.4 Å². The average molecular weight is 229 g/mol. The number of amides is 1. The number of aliphatic carboxylic acids is 1. The molecule has 0 heterocycles. The van der Waals surface area contributed by atoms with Gasteiger partial charge >= 0.3 is 5.97 Å². The van der Waals surface area contributed by atoms with Gasteiger partial charge in [0.25, 0.3) is 0 Å². The van der Waals surface area contributed by atoms with Crippen LogP contribution in [0.5, 0.6) is 0 Å². The molecule has 86 valence electrons. The van der Waals surface area contributed by atoms with Crippen LogP contribution in [0.3, 0.4) is 0 Å². The quantitative estimate of drug-likeness (QED) is 0.758. The summed E-state index contributed by atoms with van der Waals surface area (Å²) in [5.41, 5.74) is 0.0974. The Labute approximate surface area is 89.9 Å². The Morgan fingerprint density at radius 2 is 2.00 bits per heavy atom. The van der Waals surface area contributed by atoms with Crippen LogP contribution in [-0.4, -0.2) is 17.0 Å². The van der Waals surface area contributed by atoms with E-state index in [9.17, 15) is 18.4 Å². The lowest BCUT2D eigenvalue weighted by atomic mass is 10.2. The Bertz CT molecular complexity index is 421. The highest BCUT2D eigenvalue weighted by Crippen LogP contribution is 2.08. The maximum Gasteiger partial charge on any atom is 0.312 e. The van der Waals surface area contributed by atoms with Gasteiger partial charge in [0, 0.05) is 18.2 Å². The van der Waals surface area contributed by atoms with Crippen molar-refractivity contribution in [2.24, 2.45) is 0 Å². The third-order valence-corrected chi connectivity index (χ3v) is 1.80. The average Bonchev–Trinajstić information content (AvgIpc) is 2.15. The van der Waals surface area contributed by atoms with Crippen molar-refractivity contribution in [3.63, 3.8) is 0 Å². The zero-order valence-electron chi connectivity index (χ0n) is 8.17. The van der Waals surface area contributed by atoms with Crippen molar-refractivity contribution in [2.75, 3.05) is 0 Å². The summed E-state index contributed by atoms with van der Waals surface area (Å²) in [5, 5.41) is 10.5. The molecule has 0 aliphatic heterocycles. The van der Waals surface area contributed by atoms with Gasteiger partial charge < -0.3 is 10.4 Å². The minimum absolute atomic E-state index is 0.0974. The summed E-state index contributed by atoms with van der Waals surface area (Å²) in [6.45, 7) is -0.168. The van der Waals surface area contributed by atoms with Crippen LogP contribution in [-0.2, 0) is 16.1 Å². The number of nitrogens with one attached hydrogen (secondary N) is 1. The van der Waals surface area contributed by atoms with Gasteiger partial charge in [-0.2, -0.15) is 0 Å². The summed E-state index contributed by atoms with van der Waals surface area (Å²) < 4.78 is 25.6. The zero-order valence-corrected chi connectivity index (χ0v) is 8.17. The summed E-state index contributed by atoms with van der Waals surface area (Å²) in [6.07, 6.45) is -0.678. The van der Waals surface area contributed by atoms with Crippen LogP contribution in [0.25, 0.3) is 0 Å². The van der Waals surface area contributed by atoms with E-state index in [2.05, 4.69) is 5.32 Å². The van der Waals surface area contributed by atoms with E-state index in [-0.39, 0.29) is 12.1 Å². The third kappa shape index (κ3) is 3.64. The number of rotatable bonds is 4. The van der Waals surface area contributed by atoms with Crippen LogP contribution in [0, 0.1) is 11.6 Å². The number of carbonyl (C=O) groups excluding carboxylic acids is 1. The van der Waals surface area contributed by atoms with Gasteiger partial charge in [0.2, 0.25) is 5.91 Å². The van der Waals surface area contributed by atoms with Crippen molar-refractivity contribution in [3.05, 3.63) is 35.4 Å². The first-order chi connectivity index (χ1) is 7.49. The van der Waals surface area contributed by atoms with E-state index in [1.54, 1.807) is 0 Å². The van der Waals surface area contributed by atoms with Gasteiger partial charge in [-0.05, 0) is 6.07 Å². The van der Waals surface area contributed by atoms with Crippen molar-refractivity contribution in [1.29, 1.82) is 0 Å². The van der Waals surface area contributed by atoms with E-state index in [1.165, 1.54) is 6.07 Å². The molecule has 16 heavy (non-hydrogen) atoms. The predicted molar refractivity (Wildman–Crippen MR) is 50.5 cm³/mol. The molecule has 6 heteroatoms. The molecule has 1 aromatic rings. The number of hydrogen-bond acceptors (Lipinski definition) is 2. The SMILES string of the molecule is O=C(O)CC(=O)NCc1ccc(F)cc1F. The molecule has 4 nitrogen and oxygen atoms in total. The van der Waals surface area contributed by atoms with Gasteiger partial charge in [0.15, 0.2) is 0 Å². The van der Waals surface area contributed by atoms with Crippen LogP contribution < -0.4 is 5.32 Å². The smallest absolute Gasteiger partial charge is 0.312 e.